The van der Waals surface area contributed by atoms with Gasteiger partial charge in [0.1, 0.15) is 11.6 Å². The van der Waals surface area contributed by atoms with E-state index in [0.29, 0.717) is 11.8 Å². The molecule has 1 N–H and O–H groups in total. The van der Waals surface area contributed by atoms with Crippen molar-refractivity contribution < 1.29 is 0 Å². The van der Waals surface area contributed by atoms with Crippen LogP contribution in [0.5, 0.6) is 0 Å². The fraction of sp³-hybridized carbons (Fsp3) is 0.600. The third kappa shape index (κ3) is 2.56. The lowest BCUT2D eigenvalue weighted by molar-refractivity contribution is 0.510. The number of halogens is 1. The van der Waals surface area contributed by atoms with Crippen LogP contribution < -0.4 is 5.32 Å². The number of nitrogens with one attached hydrogen (secondary N) is 1. The van der Waals surface area contributed by atoms with Crippen LogP contribution in [0, 0.1) is 9.49 Å². The number of anilines is 1. The van der Waals surface area contributed by atoms with Crippen LogP contribution in [-0.4, -0.2) is 17.0 Å². The first-order valence-electron chi connectivity index (χ1n) is 4.76. The van der Waals surface area contributed by atoms with Crippen molar-refractivity contribution in [2.75, 3.05) is 12.4 Å². The maximum Gasteiger partial charge on any atom is 0.142 e. The van der Waals surface area contributed by atoms with Crippen molar-refractivity contribution in [3.8, 4) is 0 Å². The summed E-state index contributed by atoms with van der Waals surface area (Å²) >= 11 is 2.23. The predicted octanol–water partition coefficient (Wildman–Crippen LogP) is 2.88. The van der Waals surface area contributed by atoms with Crippen molar-refractivity contribution in [2.45, 2.75) is 26.7 Å². The van der Waals surface area contributed by atoms with Crippen LogP contribution in [-0.2, 0) is 0 Å². The van der Waals surface area contributed by atoms with Crippen LogP contribution in [0.3, 0.4) is 0 Å². The summed E-state index contributed by atoms with van der Waals surface area (Å²) in [6, 6.07) is 0. The molecule has 0 fully saturated rings. The van der Waals surface area contributed by atoms with Crippen LogP contribution in [0.1, 0.15) is 32.5 Å². The van der Waals surface area contributed by atoms with Gasteiger partial charge in [-0.2, -0.15) is 0 Å². The summed E-state index contributed by atoms with van der Waals surface area (Å²) in [5.41, 5.74) is 0. The SMILES string of the molecule is CNc1nc(C(C)C(C)C)ncc1I. The summed E-state index contributed by atoms with van der Waals surface area (Å²) in [7, 11) is 1.88. The van der Waals surface area contributed by atoms with Gasteiger partial charge in [-0.25, -0.2) is 9.97 Å². The second kappa shape index (κ2) is 4.91. The van der Waals surface area contributed by atoms with E-state index in [1.54, 1.807) is 0 Å². The molecule has 0 amide bonds. The standard InChI is InChI=1S/C10H16IN3/c1-6(2)7(3)9-13-5-8(11)10(12-4)14-9/h5-7H,1-4H3,(H,12,13,14). The van der Waals surface area contributed by atoms with Gasteiger partial charge in [-0.05, 0) is 28.5 Å². The zero-order valence-electron chi connectivity index (χ0n) is 9.00. The number of hydrogen-bond acceptors (Lipinski definition) is 3. The van der Waals surface area contributed by atoms with E-state index >= 15 is 0 Å². The Morgan fingerprint density at radius 1 is 1.36 bits per heavy atom. The fourth-order valence-corrected chi connectivity index (χ4v) is 1.60. The van der Waals surface area contributed by atoms with Crippen LogP contribution in [0.15, 0.2) is 6.20 Å². The van der Waals surface area contributed by atoms with Gasteiger partial charge >= 0.3 is 0 Å². The highest BCUT2D eigenvalue weighted by molar-refractivity contribution is 14.1. The Kier molecular flexibility index (Phi) is 4.10. The van der Waals surface area contributed by atoms with Crippen LogP contribution in [0.25, 0.3) is 0 Å². The Hall–Kier alpha value is -0.390. The molecule has 78 valence electrons. The quantitative estimate of drug-likeness (QED) is 0.873. The van der Waals surface area contributed by atoms with E-state index in [0.717, 1.165) is 15.2 Å². The van der Waals surface area contributed by atoms with E-state index in [2.05, 4.69) is 58.6 Å². The normalized spacial score (nSPS) is 13.0. The topological polar surface area (TPSA) is 37.8 Å². The monoisotopic (exact) mass is 305 g/mol. The highest BCUT2D eigenvalue weighted by Gasteiger charge is 2.14. The van der Waals surface area contributed by atoms with Gasteiger partial charge in [0, 0.05) is 19.2 Å². The highest BCUT2D eigenvalue weighted by atomic mass is 127. The number of nitrogens with zero attached hydrogens (tertiary/aromatic N) is 2. The minimum Gasteiger partial charge on any atom is -0.372 e. The van der Waals surface area contributed by atoms with E-state index in [-0.39, 0.29) is 0 Å². The molecule has 0 saturated carbocycles. The highest BCUT2D eigenvalue weighted by Crippen LogP contribution is 2.22. The molecular weight excluding hydrogens is 289 g/mol. The molecule has 1 rings (SSSR count). The van der Waals surface area contributed by atoms with Crippen molar-refractivity contribution in [2.24, 2.45) is 5.92 Å². The number of rotatable bonds is 3. The lowest BCUT2D eigenvalue weighted by Crippen LogP contribution is -2.09. The van der Waals surface area contributed by atoms with E-state index in [4.69, 9.17) is 0 Å². The summed E-state index contributed by atoms with van der Waals surface area (Å²) < 4.78 is 1.06. The fourth-order valence-electron chi connectivity index (χ4n) is 1.07. The summed E-state index contributed by atoms with van der Waals surface area (Å²) in [6.45, 7) is 6.53. The largest absolute Gasteiger partial charge is 0.372 e. The molecule has 14 heavy (non-hydrogen) atoms. The van der Waals surface area contributed by atoms with Crippen molar-refractivity contribution >= 4 is 28.4 Å². The Morgan fingerprint density at radius 2 is 2.00 bits per heavy atom. The third-order valence-corrected chi connectivity index (χ3v) is 3.20. The van der Waals surface area contributed by atoms with Gasteiger partial charge in [-0.15, -0.1) is 0 Å². The van der Waals surface area contributed by atoms with Crippen LogP contribution in [0.2, 0.25) is 0 Å². The molecule has 1 heterocycles. The Morgan fingerprint density at radius 3 is 2.50 bits per heavy atom. The van der Waals surface area contributed by atoms with E-state index < -0.39 is 0 Å². The Balaban J connectivity index is 3.00. The minimum absolute atomic E-state index is 0.402. The van der Waals surface area contributed by atoms with Gasteiger partial charge in [-0.1, -0.05) is 20.8 Å². The molecule has 3 nitrogen and oxygen atoms in total. The van der Waals surface area contributed by atoms with Crippen molar-refractivity contribution in [1.29, 1.82) is 0 Å². The van der Waals surface area contributed by atoms with Gasteiger partial charge < -0.3 is 5.32 Å². The Bertz CT molecular complexity index is 312. The first kappa shape index (κ1) is 11.7. The third-order valence-electron chi connectivity index (χ3n) is 2.41. The minimum atomic E-state index is 0.402. The molecule has 0 aromatic carbocycles. The molecule has 0 aliphatic rings. The number of hydrogen-bond donors (Lipinski definition) is 1. The molecule has 0 spiro atoms. The van der Waals surface area contributed by atoms with Gasteiger partial charge in [0.25, 0.3) is 0 Å². The first-order valence-corrected chi connectivity index (χ1v) is 5.84. The molecule has 0 radical (unpaired) electrons. The number of aromatic nitrogens is 2. The second-order valence-electron chi connectivity index (χ2n) is 3.71. The van der Waals surface area contributed by atoms with E-state index in [9.17, 15) is 0 Å². The molecule has 1 atom stereocenters. The molecule has 1 aromatic rings. The second-order valence-corrected chi connectivity index (χ2v) is 4.87. The lowest BCUT2D eigenvalue weighted by atomic mass is 9.97. The average Bonchev–Trinajstić information content (AvgIpc) is 2.17. The first-order chi connectivity index (χ1) is 6.56. The maximum absolute atomic E-state index is 4.48. The van der Waals surface area contributed by atoms with Gasteiger partial charge in [0.05, 0.1) is 3.57 Å². The van der Waals surface area contributed by atoms with Gasteiger partial charge in [0.2, 0.25) is 0 Å². The summed E-state index contributed by atoms with van der Waals surface area (Å²) in [5, 5.41) is 3.07. The zero-order chi connectivity index (χ0) is 10.7. The summed E-state index contributed by atoms with van der Waals surface area (Å²) in [4.78, 5) is 8.83. The summed E-state index contributed by atoms with van der Waals surface area (Å²) in [5.74, 6) is 2.81. The van der Waals surface area contributed by atoms with Gasteiger partial charge in [0.15, 0.2) is 0 Å². The molecule has 4 heteroatoms. The van der Waals surface area contributed by atoms with Gasteiger partial charge in [-0.3, -0.25) is 0 Å². The lowest BCUT2D eigenvalue weighted by Gasteiger charge is -2.14. The molecule has 0 aliphatic carbocycles. The zero-order valence-corrected chi connectivity index (χ0v) is 11.2. The van der Waals surface area contributed by atoms with Crippen LogP contribution >= 0.6 is 22.6 Å². The molecule has 0 aliphatic heterocycles. The van der Waals surface area contributed by atoms with Crippen molar-refractivity contribution in [3.63, 3.8) is 0 Å². The average molecular weight is 305 g/mol. The van der Waals surface area contributed by atoms with E-state index in [1.165, 1.54) is 0 Å². The molecule has 1 aromatic heterocycles. The predicted molar refractivity (Wildman–Crippen MR) is 67.5 cm³/mol. The summed E-state index contributed by atoms with van der Waals surface area (Å²) in [6.07, 6.45) is 1.87. The van der Waals surface area contributed by atoms with Crippen molar-refractivity contribution in [3.05, 3.63) is 15.6 Å². The molecular formula is C10H16IN3. The van der Waals surface area contributed by atoms with Crippen molar-refractivity contribution in [1.82, 2.24) is 9.97 Å². The molecule has 0 bridgehead atoms. The molecule has 1 unspecified atom stereocenters. The molecule has 0 saturated heterocycles. The van der Waals surface area contributed by atoms with E-state index in [1.807, 2.05) is 13.2 Å². The Labute approximate surface area is 98.9 Å². The van der Waals surface area contributed by atoms with Crippen LogP contribution in [0.4, 0.5) is 5.82 Å². The smallest absolute Gasteiger partial charge is 0.142 e. The maximum atomic E-state index is 4.48.